The van der Waals surface area contributed by atoms with Gasteiger partial charge < -0.3 is 4.90 Å². The van der Waals surface area contributed by atoms with Crippen LogP contribution in [0.3, 0.4) is 0 Å². The van der Waals surface area contributed by atoms with E-state index in [4.69, 9.17) is 0 Å². The highest BCUT2D eigenvalue weighted by Gasteiger charge is 2.35. The summed E-state index contributed by atoms with van der Waals surface area (Å²) in [5.41, 5.74) is 6.13. The van der Waals surface area contributed by atoms with Gasteiger partial charge in [-0.1, -0.05) is 71.8 Å². The normalized spacial score (nSPS) is 18.4. The van der Waals surface area contributed by atoms with Crippen LogP contribution in [0.5, 0.6) is 0 Å². The lowest BCUT2D eigenvalue weighted by atomic mass is 9.88. The first-order chi connectivity index (χ1) is 15.9. The molecule has 2 atom stereocenters. The zero-order valence-electron chi connectivity index (χ0n) is 19.8. The number of carbonyl (C=O) groups is 1. The first-order valence-electron chi connectivity index (χ1n) is 11.7. The van der Waals surface area contributed by atoms with Crippen molar-refractivity contribution in [2.75, 3.05) is 19.6 Å². The van der Waals surface area contributed by atoms with Crippen molar-refractivity contribution < 1.29 is 9.18 Å². The van der Waals surface area contributed by atoms with Gasteiger partial charge in [-0.2, -0.15) is 0 Å². The van der Waals surface area contributed by atoms with Crippen molar-refractivity contribution in [3.8, 4) is 0 Å². The molecule has 0 aliphatic carbocycles. The van der Waals surface area contributed by atoms with E-state index in [1.807, 2.05) is 4.90 Å². The molecule has 1 amide bonds. The minimum absolute atomic E-state index is 0.0546. The van der Waals surface area contributed by atoms with Gasteiger partial charge in [0.25, 0.3) is 0 Å². The van der Waals surface area contributed by atoms with E-state index in [2.05, 4.69) is 67.3 Å². The molecule has 0 aromatic heterocycles. The Morgan fingerprint density at radius 1 is 0.879 bits per heavy atom. The number of amides is 1. The summed E-state index contributed by atoms with van der Waals surface area (Å²) in [6.07, 6.45) is 0. The van der Waals surface area contributed by atoms with E-state index < -0.39 is 0 Å². The Morgan fingerprint density at radius 3 is 2.06 bits per heavy atom. The number of hydrogen-bond acceptors (Lipinski definition) is 2. The molecular formula is C29H33FN2O. The predicted octanol–water partition coefficient (Wildman–Crippen LogP) is 5.71. The Labute approximate surface area is 196 Å². The van der Waals surface area contributed by atoms with Crippen LogP contribution in [0.4, 0.5) is 4.39 Å². The summed E-state index contributed by atoms with van der Waals surface area (Å²) in [6, 6.07) is 24.0. The molecule has 172 valence electrons. The highest BCUT2D eigenvalue weighted by Crippen LogP contribution is 2.34. The van der Waals surface area contributed by atoms with E-state index in [0.29, 0.717) is 24.9 Å². The molecular weight excluding hydrogens is 411 g/mol. The average molecular weight is 445 g/mol. The van der Waals surface area contributed by atoms with Crippen LogP contribution in [0.1, 0.15) is 40.7 Å². The van der Waals surface area contributed by atoms with Gasteiger partial charge in [0, 0.05) is 45.6 Å². The molecule has 3 nitrogen and oxygen atoms in total. The first kappa shape index (κ1) is 23.2. The number of halogens is 1. The van der Waals surface area contributed by atoms with Crippen LogP contribution >= 0.6 is 0 Å². The van der Waals surface area contributed by atoms with Crippen LogP contribution < -0.4 is 0 Å². The van der Waals surface area contributed by atoms with Crippen molar-refractivity contribution >= 4 is 5.91 Å². The van der Waals surface area contributed by atoms with Gasteiger partial charge in [-0.25, -0.2) is 4.39 Å². The molecule has 1 aliphatic rings. The molecule has 1 heterocycles. The second-order valence-electron chi connectivity index (χ2n) is 9.48. The van der Waals surface area contributed by atoms with E-state index in [9.17, 15) is 9.18 Å². The maximum atomic E-state index is 13.3. The molecule has 0 unspecified atom stereocenters. The predicted molar refractivity (Wildman–Crippen MR) is 131 cm³/mol. The van der Waals surface area contributed by atoms with Crippen LogP contribution in [0.25, 0.3) is 0 Å². The average Bonchev–Trinajstić information content (AvgIpc) is 3.19. The van der Waals surface area contributed by atoms with Gasteiger partial charge in [-0.05, 0) is 48.6 Å². The van der Waals surface area contributed by atoms with Gasteiger partial charge in [-0.3, -0.25) is 9.69 Å². The number of benzene rings is 3. The quantitative estimate of drug-likeness (QED) is 0.466. The number of hydrogen-bond donors (Lipinski definition) is 0. The molecule has 4 heteroatoms. The second kappa shape index (κ2) is 10.3. The van der Waals surface area contributed by atoms with Gasteiger partial charge in [0.1, 0.15) is 5.82 Å². The molecule has 1 saturated heterocycles. The highest BCUT2D eigenvalue weighted by atomic mass is 19.1. The summed E-state index contributed by atoms with van der Waals surface area (Å²) in [5, 5.41) is 0. The first-order valence-corrected chi connectivity index (χ1v) is 11.7. The molecule has 0 radical (unpaired) electrons. The number of likely N-dealkylation sites (tertiary alicyclic amines) is 1. The Balaban J connectivity index is 1.53. The fraction of sp³-hybridized carbons (Fsp3) is 0.345. The largest absolute Gasteiger partial charge is 0.338 e. The molecule has 0 saturated carbocycles. The molecule has 4 rings (SSSR count). The lowest BCUT2D eigenvalue weighted by Crippen LogP contribution is -2.35. The van der Waals surface area contributed by atoms with Crippen LogP contribution in [-0.4, -0.2) is 35.3 Å². The lowest BCUT2D eigenvalue weighted by molar-refractivity contribution is -0.130. The van der Waals surface area contributed by atoms with Crippen molar-refractivity contribution in [2.24, 2.45) is 5.92 Å². The van der Waals surface area contributed by atoms with Crippen molar-refractivity contribution in [2.45, 2.75) is 39.8 Å². The molecule has 33 heavy (non-hydrogen) atoms. The van der Waals surface area contributed by atoms with Crippen LogP contribution in [0, 0.1) is 25.6 Å². The molecule has 0 bridgehead atoms. The topological polar surface area (TPSA) is 23.6 Å². The Bertz CT molecular complexity index is 1060. The fourth-order valence-corrected chi connectivity index (χ4v) is 4.82. The van der Waals surface area contributed by atoms with Gasteiger partial charge in [0.05, 0.1) is 0 Å². The lowest BCUT2D eigenvalue weighted by Gasteiger charge is -2.28. The van der Waals surface area contributed by atoms with Crippen molar-refractivity contribution in [1.29, 1.82) is 0 Å². The maximum Gasteiger partial charge on any atom is 0.219 e. The van der Waals surface area contributed by atoms with Gasteiger partial charge in [0.15, 0.2) is 0 Å². The zero-order chi connectivity index (χ0) is 23.4. The summed E-state index contributed by atoms with van der Waals surface area (Å²) in [5.74, 6) is 0.502. The summed E-state index contributed by atoms with van der Waals surface area (Å²) in [7, 11) is 0. The van der Waals surface area contributed by atoms with E-state index in [1.54, 1.807) is 19.1 Å². The SMILES string of the molecule is CC(=O)N(Cc1ccc(F)cc1)C[C@@H]1CN(Cc2ccc(C)cc2)C[C@@H]1c1ccc(C)cc1. The molecule has 3 aromatic rings. The van der Waals surface area contributed by atoms with E-state index >= 15 is 0 Å². The Morgan fingerprint density at radius 2 is 1.45 bits per heavy atom. The number of nitrogens with zero attached hydrogens (tertiary/aromatic N) is 2. The molecule has 0 spiro atoms. The second-order valence-corrected chi connectivity index (χ2v) is 9.48. The summed E-state index contributed by atoms with van der Waals surface area (Å²) < 4.78 is 13.3. The van der Waals surface area contributed by atoms with Gasteiger partial charge in [-0.15, -0.1) is 0 Å². The summed E-state index contributed by atoms with van der Waals surface area (Å²) in [6.45, 7) is 9.88. The number of carbonyl (C=O) groups excluding carboxylic acids is 1. The van der Waals surface area contributed by atoms with Crippen LogP contribution in [0.2, 0.25) is 0 Å². The molecule has 0 N–H and O–H groups in total. The fourth-order valence-electron chi connectivity index (χ4n) is 4.82. The van der Waals surface area contributed by atoms with E-state index in [1.165, 1.54) is 34.4 Å². The zero-order valence-corrected chi connectivity index (χ0v) is 19.8. The third kappa shape index (κ3) is 6.08. The third-order valence-corrected chi connectivity index (χ3v) is 6.74. The minimum Gasteiger partial charge on any atom is -0.338 e. The monoisotopic (exact) mass is 444 g/mol. The summed E-state index contributed by atoms with van der Waals surface area (Å²) >= 11 is 0. The van der Waals surface area contributed by atoms with Gasteiger partial charge in [0.2, 0.25) is 5.91 Å². The van der Waals surface area contributed by atoms with Crippen LogP contribution in [-0.2, 0) is 17.9 Å². The van der Waals surface area contributed by atoms with Gasteiger partial charge >= 0.3 is 0 Å². The minimum atomic E-state index is -0.255. The standard InChI is InChI=1S/C29H33FN2O/c1-21-4-8-24(9-5-21)16-31-18-27(29(20-31)26-12-6-22(2)7-13-26)19-32(23(3)33)17-25-10-14-28(30)15-11-25/h4-15,27,29H,16-20H2,1-3H3/t27-,29+/m0/s1. The van der Waals surface area contributed by atoms with Crippen LogP contribution in [0.15, 0.2) is 72.8 Å². The van der Waals surface area contributed by atoms with E-state index in [0.717, 1.165) is 25.2 Å². The Kier molecular flexibility index (Phi) is 7.24. The molecule has 3 aromatic carbocycles. The highest BCUT2D eigenvalue weighted by molar-refractivity contribution is 5.73. The van der Waals surface area contributed by atoms with Crippen molar-refractivity contribution in [3.05, 3.63) is 106 Å². The maximum absolute atomic E-state index is 13.3. The molecule has 1 fully saturated rings. The molecule has 1 aliphatic heterocycles. The smallest absolute Gasteiger partial charge is 0.219 e. The Hall–Kier alpha value is -2.98. The number of aryl methyl sites for hydroxylation is 2. The number of rotatable bonds is 7. The van der Waals surface area contributed by atoms with Crippen molar-refractivity contribution in [3.63, 3.8) is 0 Å². The third-order valence-electron chi connectivity index (χ3n) is 6.74. The summed E-state index contributed by atoms with van der Waals surface area (Å²) in [4.78, 5) is 17.0. The van der Waals surface area contributed by atoms with Crippen molar-refractivity contribution in [1.82, 2.24) is 9.80 Å². The van der Waals surface area contributed by atoms with E-state index in [-0.39, 0.29) is 11.7 Å².